The molecule has 3 rings (SSSR count). The molecule has 130 valence electrons. The van der Waals surface area contributed by atoms with Crippen LogP contribution in [0.5, 0.6) is 5.75 Å². The second-order valence-corrected chi connectivity index (χ2v) is 7.12. The Bertz CT molecular complexity index is 622. The van der Waals surface area contributed by atoms with E-state index in [2.05, 4.69) is 5.32 Å². The topological polar surface area (TPSA) is 75.6 Å². The van der Waals surface area contributed by atoms with Crippen molar-refractivity contribution >= 4 is 11.9 Å². The van der Waals surface area contributed by atoms with Gasteiger partial charge in [-0.05, 0) is 42.7 Å². The molecule has 0 aliphatic heterocycles. The molecule has 0 aromatic heterocycles. The number of nitrogens with one attached hydrogen (secondary N) is 1. The molecule has 1 amide bonds. The number of aliphatic carboxylic acids is 1. The Morgan fingerprint density at radius 1 is 1.33 bits per heavy atom. The van der Waals surface area contributed by atoms with Crippen molar-refractivity contribution in [2.24, 2.45) is 17.3 Å². The average molecular weight is 331 g/mol. The molecule has 1 spiro atoms. The molecule has 2 fully saturated rings. The molecule has 0 radical (unpaired) electrons. The maximum Gasteiger partial charge on any atom is 0.308 e. The number of carboxylic acid groups (broad SMARTS) is 1. The van der Waals surface area contributed by atoms with Crippen LogP contribution in [0.4, 0.5) is 0 Å². The molecule has 2 aliphatic rings. The number of para-hydroxylation sites is 1. The molecule has 0 heterocycles. The predicted molar refractivity (Wildman–Crippen MR) is 89.8 cm³/mol. The Labute approximate surface area is 142 Å². The first kappa shape index (κ1) is 16.8. The number of carbonyl (C=O) groups excluding carboxylic acids is 1. The number of hydrogen-bond donors (Lipinski definition) is 2. The summed E-state index contributed by atoms with van der Waals surface area (Å²) in [5, 5.41) is 12.4. The highest BCUT2D eigenvalue weighted by Crippen LogP contribution is 2.62. The van der Waals surface area contributed by atoms with Gasteiger partial charge in [-0.1, -0.05) is 31.0 Å². The van der Waals surface area contributed by atoms with Gasteiger partial charge in [0.05, 0.1) is 13.0 Å². The highest BCUT2D eigenvalue weighted by Gasteiger charge is 2.58. The smallest absolute Gasteiger partial charge is 0.308 e. The molecule has 0 bridgehead atoms. The number of benzene rings is 1. The van der Waals surface area contributed by atoms with E-state index in [0.29, 0.717) is 12.2 Å². The van der Waals surface area contributed by atoms with Crippen LogP contribution >= 0.6 is 0 Å². The Kier molecular flexibility index (Phi) is 4.78. The number of hydrogen-bond acceptors (Lipinski definition) is 3. The summed E-state index contributed by atoms with van der Waals surface area (Å²) in [5.74, 6) is -0.734. The van der Waals surface area contributed by atoms with Crippen LogP contribution in [0.15, 0.2) is 24.3 Å². The van der Waals surface area contributed by atoms with E-state index in [-0.39, 0.29) is 23.8 Å². The zero-order valence-corrected chi connectivity index (χ0v) is 14.1. The second kappa shape index (κ2) is 6.83. The molecule has 1 aromatic rings. The number of carboxylic acids is 1. The number of amides is 1. The summed E-state index contributed by atoms with van der Waals surface area (Å²) in [5.41, 5.74) is 1.09. The fourth-order valence-corrected chi connectivity index (χ4v) is 4.08. The molecular formula is C19H25NO4. The van der Waals surface area contributed by atoms with Crippen molar-refractivity contribution in [1.82, 2.24) is 5.32 Å². The summed E-state index contributed by atoms with van der Waals surface area (Å²) >= 11 is 0. The van der Waals surface area contributed by atoms with E-state index in [0.717, 1.165) is 24.8 Å². The van der Waals surface area contributed by atoms with Crippen molar-refractivity contribution in [3.8, 4) is 5.75 Å². The number of carbonyl (C=O) groups is 2. The average Bonchev–Trinajstić information content (AvgIpc) is 3.08. The first-order chi connectivity index (χ1) is 11.6. The fourth-order valence-electron chi connectivity index (χ4n) is 4.08. The number of ether oxygens (including phenoxy) is 1. The third kappa shape index (κ3) is 3.40. The molecule has 5 nitrogen and oxygen atoms in total. The van der Waals surface area contributed by atoms with Crippen LogP contribution in [-0.2, 0) is 16.0 Å². The molecule has 2 N–H and O–H groups in total. The first-order valence-corrected chi connectivity index (χ1v) is 8.68. The van der Waals surface area contributed by atoms with E-state index >= 15 is 0 Å². The van der Waals surface area contributed by atoms with Crippen LogP contribution in [0, 0.1) is 17.3 Å². The predicted octanol–water partition coefficient (Wildman–Crippen LogP) is 2.63. The van der Waals surface area contributed by atoms with Crippen LogP contribution in [-0.4, -0.2) is 30.6 Å². The van der Waals surface area contributed by atoms with Crippen LogP contribution in [0.1, 0.15) is 37.7 Å². The summed E-state index contributed by atoms with van der Waals surface area (Å²) in [6, 6.07) is 7.41. The normalized spacial score (nSPS) is 22.1. The summed E-state index contributed by atoms with van der Waals surface area (Å²) < 4.78 is 5.28. The van der Waals surface area contributed by atoms with Gasteiger partial charge in [0.15, 0.2) is 0 Å². The van der Waals surface area contributed by atoms with E-state index in [1.165, 1.54) is 12.8 Å². The van der Waals surface area contributed by atoms with E-state index in [4.69, 9.17) is 4.74 Å². The molecule has 2 unspecified atom stereocenters. The van der Waals surface area contributed by atoms with Crippen LogP contribution in [0.2, 0.25) is 0 Å². The minimum atomic E-state index is -0.896. The van der Waals surface area contributed by atoms with Crippen molar-refractivity contribution in [2.45, 2.75) is 38.5 Å². The number of methoxy groups -OCH3 is 1. The van der Waals surface area contributed by atoms with E-state index in [9.17, 15) is 14.7 Å². The van der Waals surface area contributed by atoms with Crippen molar-refractivity contribution in [3.05, 3.63) is 29.8 Å². The minimum Gasteiger partial charge on any atom is -0.496 e. The highest BCUT2D eigenvalue weighted by atomic mass is 16.5. The van der Waals surface area contributed by atoms with E-state index < -0.39 is 11.9 Å². The largest absolute Gasteiger partial charge is 0.496 e. The van der Waals surface area contributed by atoms with E-state index in [1.807, 2.05) is 24.3 Å². The molecule has 5 heteroatoms. The van der Waals surface area contributed by atoms with Gasteiger partial charge < -0.3 is 15.2 Å². The molecule has 1 aromatic carbocycles. The summed E-state index contributed by atoms with van der Waals surface area (Å²) in [6.07, 6.45) is 6.05. The van der Waals surface area contributed by atoms with Gasteiger partial charge in [-0.2, -0.15) is 0 Å². The molecule has 2 saturated carbocycles. The molecule has 2 atom stereocenters. The molecule has 24 heavy (non-hydrogen) atoms. The minimum absolute atomic E-state index is 0.0307. The number of rotatable bonds is 7. The Hall–Kier alpha value is -2.04. The van der Waals surface area contributed by atoms with E-state index in [1.54, 1.807) is 7.11 Å². The van der Waals surface area contributed by atoms with Crippen LogP contribution in [0.3, 0.4) is 0 Å². The standard InChI is InChI=1S/C19H25NO4/c1-24-16-7-3-2-6-13(16)10-14(18(22)23)12-20-17(21)15-11-19(15)8-4-5-9-19/h2-3,6-7,14-15H,4-5,8-12H2,1H3,(H,20,21)(H,22,23). The van der Waals surface area contributed by atoms with Crippen molar-refractivity contribution in [1.29, 1.82) is 0 Å². The second-order valence-electron chi connectivity index (χ2n) is 7.12. The molecule has 0 saturated heterocycles. The third-order valence-corrected chi connectivity index (χ3v) is 5.64. The quantitative estimate of drug-likeness (QED) is 0.805. The lowest BCUT2D eigenvalue weighted by atomic mass is 9.98. The van der Waals surface area contributed by atoms with Crippen molar-refractivity contribution in [2.75, 3.05) is 13.7 Å². The van der Waals surface area contributed by atoms with Gasteiger partial charge in [0, 0.05) is 12.5 Å². The fraction of sp³-hybridized carbons (Fsp3) is 0.579. The van der Waals surface area contributed by atoms with Gasteiger partial charge in [0.25, 0.3) is 0 Å². The van der Waals surface area contributed by atoms with Crippen molar-refractivity contribution < 1.29 is 19.4 Å². The maximum atomic E-state index is 12.3. The highest BCUT2D eigenvalue weighted by molar-refractivity contribution is 5.83. The summed E-state index contributed by atoms with van der Waals surface area (Å²) in [4.78, 5) is 23.9. The lowest BCUT2D eigenvalue weighted by Crippen LogP contribution is -2.35. The zero-order chi connectivity index (χ0) is 17.2. The monoisotopic (exact) mass is 331 g/mol. The first-order valence-electron chi connectivity index (χ1n) is 8.68. The van der Waals surface area contributed by atoms with Crippen molar-refractivity contribution in [3.63, 3.8) is 0 Å². The molecular weight excluding hydrogens is 306 g/mol. The summed E-state index contributed by atoms with van der Waals surface area (Å²) in [7, 11) is 1.57. The maximum absolute atomic E-state index is 12.3. The third-order valence-electron chi connectivity index (χ3n) is 5.64. The molecule has 2 aliphatic carbocycles. The Morgan fingerprint density at radius 3 is 2.71 bits per heavy atom. The van der Waals surface area contributed by atoms with Gasteiger partial charge in [-0.15, -0.1) is 0 Å². The van der Waals surface area contributed by atoms with Gasteiger partial charge in [0.1, 0.15) is 5.75 Å². The van der Waals surface area contributed by atoms with Gasteiger partial charge in [-0.25, -0.2) is 0 Å². The Morgan fingerprint density at radius 2 is 2.04 bits per heavy atom. The lowest BCUT2D eigenvalue weighted by Gasteiger charge is -2.16. The zero-order valence-electron chi connectivity index (χ0n) is 14.1. The van der Waals surface area contributed by atoms with Crippen LogP contribution < -0.4 is 10.1 Å². The van der Waals surface area contributed by atoms with Gasteiger partial charge in [0.2, 0.25) is 5.91 Å². The summed E-state index contributed by atoms with van der Waals surface area (Å²) in [6.45, 7) is 0.165. The van der Waals surface area contributed by atoms with Gasteiger partial charge in [-0.3, -0.25) is 9.59 Å². The lowest BCUT2D eigenvalue weighted by molar-refractivity contribution is -0.141. The Balaban J connectivity index is 1.57. The van der Waals surface area contributed by atoms with Crippen LogP contribution in [0.25, 0.3) is 0 Å². The van der Waals surface area contributed by atoms with Gasteiger partial charge >= 0.3 is 5.97 Å². The SMILES string of the molecule is COc1ccccc1CC(CNC(=O)C1CC12CCCC2)C(=O)O.